The Morgan fingerprint density at radius 3 is 2.56 bits per heavy atom. The molecule has 0 aliphatic rings. The summed E-state index contributed by atoms with van der Waals surface area (Å²) in [5, 5.41) is 0.541. The van der Waals surface area contributed by atoms with Gasteiger partial charge in [0, 0.05) is 11.1 Å². The van der Waals surface area contributed by atoms with Gasteiger partial charge in [0.1, 0.15) is 5.75 Å². The highest BCUT2D eigenvalue weighted by atomic mass is 35.5. The molecule has 0 aliphatic heterocycles. The van der Waals surface area contributed by atoms with Crippen LogP contribution in [0, 0.1) is 0 Å². The molecule has 27 heavy (non-hydrogen) atoms. The van der Waals surface area contributed by atoms with Gasteiger partial charge < -0.3 is 4.74 Å². The standard InChI is InChI=1S/C21H23ClN2O3/c1-3-15(2)17-9-5-7-11-19(17)27-14-21(26)24-23-20(25)13-12-16-8-4-6-10-18(16)22/h4-13,15H,3,14H2,1-2H3,(H,23,25)(H,24,26)/b13-12+. The number of hydrogen-bond donors (Lipinski definition) is 2. The van der Waals surface area contributed by atoms with E-state index >= 15 is 0 Å². The zero-order valence-corrected chi connectivity index (χ0v) is 16.1. The zero-order chi connectivity index (χ0) is 19.6. The van der Waals surface area contributed by atoms with E-state index in [2.05, 4.69) is 24.7 Å². The van der Waals surface area contributed by atoms with Gasteiger partial charge in [-0.1, -0.05) is 61.8 Å². The largest absolute Gasteiger partial charge is 0.483 e. The number of rotatable bonds is 7. The monoisotopic (exact) mass is 386 g/mol. The first-order valence-electron chi connectivity index (χ1n) is 8.74. The van der Waals surface area contributed by atoms with E-state index in [9.17, 15) is 9.59 Å². The van der Waals surface area contributed by atoms with Gasteiger partial charge in [-0.25, -0.2) is 0 Å². The molecule has 1 unspecified atom stereocenters. The van der Waals surface area contributed by atoms with Crippen LogP contribution in [0.15, 0.2) is 54.6 Å². The van der Waals surface area contributed by atoms with Crippen LogP contribution in [0.2, 0.25) is 5.02 Å². The van der Waals surface area contributed by atoms with Gasteiger partial charge >= 0.3 is 0 Å². The van der Waals surface area contributed by atoms with Gasteiger partial charge in [-0.3, -0.25) is 20.4 Å². The molecular formula is C21H23ClN2O3. The first-order chi connectivity index (χ1) is 13.0. The highest BCUT2D eigenvalue weighted by Gasteiger charge is 2.11. The summed E-state index contributed by atoms with van der Waals surface area (Å²) in [7, 11) is 0. The number of carbonyl (C=O) groups is 2. The maximum absolute atomic E-state index is 11.9. The lowest BCUT2D eigenvalue weighted by Crippen LogP contribution is -2.43. The third kappa shape index (κ3) is 6.46. The Bertz CT molecular complexity index is 821. The van der Waals surface area contributed by atoms with Crippen LogP contribution in [0.5, 0.6) is 5.75 Å². The molecule has 5 nitrogen and oxygen atoms in total. The summed E-state index contributed by atoms with van der Waals surface area (Å²) in [5.74, 6) is 0.0857. The van der Waals surface area contributed by atoms with E-state index in [-0.39, 0.29) is 6.61 Å². The lowest BCUT2D eigenvalue weighted by molar-refractivity contribution is -0.128. The number of amides is 2. The molecule has 2 N–H and O–H groups in total. The second-order valence-corrected chi connectivity index (χ2v) is 6.44. The van der Waals surface area contributed by atoms with E-state index in [1.807, 2.05) is 30.3 Å². The Labute approximate surface area is 164 Å². The lowest BCUT2D eigenvalue weighted by Gasteiger charge is -2.15. The third-order valence-corrected chi connectivity index (χ3v) is 4.41. The molecule has 0 bridgehead atoms. The van der Waals surface area contributed by atoms with E-state index in [0.29, 0.717) is 22.3 Å². The molecule has 0 aromatic heterocycles. The molecule has 0 spiro atoms. The minimum atomic E-state index is -0.469. The number of nitrogens with one attached hydrogen (secondary N) is 2. The fourth-order valence-electron chi connectivity index (χ4n) is 2.37. The summed E-state index contributed by atoms with van der Waals surface area (Å²) in [6.07, 6.45) is 3.84. The van der Waals surface area contributed by atoms with Crippen LogP contribution in [-0.4, -0.2) is 18.4 Å². The second kappa shape index (κ2) is 10.4. The summed E-state index contributed by atoms with van der Waals surface area (Å²) in [6, 6.07) is 14.8. The van der Waals surface area contributed by atoms with Crippen molar-refractivity contribution in [3.05, 3.63) is 70.8 Å². The smallest absolute Gasteiger partial charge is 0.276 e. The van der Waals surface area contributed by atoms with Crippen LogP contribution in [-0.2, 0) is 9.59 Å². The number of hydrogen-bond acceptors (Lipinski definition) is 3. The molecule has 142 valence electrons. The van der Waals surface area contributed by atoms with Crippen LogP contribution in [0.4, 0.5) is 0 Å². The minimum Gasteiger partial charge on any atom is -0.483 e. The highest BCUT2D eigenvalue weighted by Crippen LogP contribution is 2.28. The van der Waals surface area contributed by atoms with E-state index in [4.69, 9.17) is 16.3 Å². The molecule has 0 saturated carbocycles. The predicted octanol–water partition coefficient (Wildman–Crippen LogP) is 4.09. The number of ether oxygens (including phenoxy) is 1. The molecule has 0 aliphatic carbocycles. The summed E-state index contributed by atoms with van der Waals surface area (Å²) in [5.41, 5.74) is 6.40. The Balaban J connectivity index is 1.81. The van der Waals surface area contributed by atoms with Crippen molar-refractivity contribution in [2.24, 2.45) is 0 Å². The van der Waals surface area contributed by atoms with Crippen LogP contribution in [0.25, 0.3) is 6.08 Å². The van der Waals surface area contributed by atoms with Crippen molar-refractivity contribution < 1.29 is 14.3 Å². The third-order valence-electron chi connectivity index (χ3n) is 4.07. The molecule has 0 saturated heterocycles. The lowest BCUT2D eigenvalue weighted by atomic mass is 9.98. The number of para-hydroxylation sites is 1. The van der Waals surface area contributed by atoms with Crippen LogP contribution >= 0.6 is 11.6 Å². The van der Waals surface area contributed by atoms with Crippen molar-refractivity contribution in [2.75, 3.05) is 6.61 Å². The van der Waals surface area contributed by atoms with Gasteiger partial charge in [-0.2, -0.15) is 0 Å². The fourth-order valence-corrected chi connectivity index (χ4v) is 2.57. The molecule has 2 rings (SSSR count). The van der Waals surface area contributed by atoms with Crippen molar-refractivity contribution in [3.63, 3.8) is 0 Å². The molecule has 2 amide bonds. The first-order valence-corrected chi connectivity index (χ1v) is 9.12. The number of benzene rings is 2. The van der Waals surface area contributed by atoms with Crippen molar-refractivity contribution in [1.29, 1.82) is 0 Å². The topological polar surface area (TPSA) is 67.4 Å². The molecular weight excluding hydrogens is 364 g/mol. The first kappa shape index (κ1) is 20.5. The summed E-state index contributed by atoms with van der Waals surface area (Å²) in [6.45, 7) is 4.01. The minimum absolute atomic E-state index is 0.193. The van der Waals surface area contributed by atoms with E-state index in [1.165, 1.54) is 6.08 Å². The molecule has 6 heteroatoms. The van der Waals surface area contributed by atoms with Crippen LogP contribution in [0.1, 0.15) is 37.3 Å². The van der Waals surface area contributed by atoms with Crippen LogP contribution < -0.4 is 15.6 Å². The van der Waals surface area contributed by atoms with Gasteiger partial charge in [0.15, 0.2) is 6.61 Å². The van der Waals surface area contributed by atoms with Crippen molar-refractivity contribution >= 4 is 29.5 Å². The number of carbonyl (C=O) groups excluding carboxylic acids is 2. The van der Waals surface area contributed by atoms with Gasteiger partial charge in [-0.05, 0) is 41.7 Å². The van der Waals surface area contributed by atoms with Gasteiger partial charge in [-0.15, -0.1) is 0 Å². The quantitative estimate of drug-likeness (QED) is 0.556. The molecule has 2 aromatic carbocycles. The normalized spacial score (nSPS) is 11.8. The average Bonchev–Trinajstić information content (AvgIpc) is 2.69. The number of hydrazine groups is 1. The highest BCUT2D eigenvalue weighted by molar-refractivity contribution is 6.32. The van der Waals surface area contributed by atoms with Gasteiger partial charge in [0.05, 0.1) is 0 Å². The van der Waals surface area contributed by atoms with Crippen LogP contribution in [0.3, 0.4) is 0 Å². The predicted molar refractivity (Wildman–Crippen MR) is 107 cm³/mol. The Morgan fingerprint density at radius 1 is 1.11 bits per heavy atom. The zero-order valence-electron chi connectivity index (χ0n) is 15.4. The van der Waals surface area contributed by atoms with Gasteiger partial charge in [0.2, 0.25) is 0 Å². The van der Waals surface area contributed by atoms with Crippen molar-refractivity contribution in [3.8, 4) is 5.75 Å². The molecule has 0 fully saturated rings. The molecule has 1 atom stereocenters. The SMILES string of the molecule is CCC(C)c1ccccc1OCC(=O)NNC(=O)/C=C/c1ccccc1Cl. The molecule has 0 heterocycles. The molecule has 0 radical (unpaired) electrons. The van der Waals surface area contributed by atoms with Crippen molar-refractivity contribution in [2.45, 2.75) is 26.2 Å². The Morgan fingerprint density at radius 2 is 1.81 bits per heavy atom. The van der Waals surface area contributed by atoms with E-state index in [0.717, 1.165) is 12.0 Å². The second-order valence-electron chi connectivity index (χ2n) is 6.03. The van der Waals surface area contributed by atoms with Crippen molar-refractivity contribution in [1.82, 2.24) is 10.9 Å². The van der Waals surface area contributed by atoms with E-state index in [1.54, 1.807) is 24.3 Å². The molecule has 2 aromatic rings. The summed E-state index contributed by atoms with van der Waals surface area (Å²) < 4.78 is 5.60. The Kier molecular flexibility index (Phi) is 7.89. The summed E-state index contributed by atoms with van der Waals surface area (Å²) in [4.78, 5) is 23.7. The fraction of sp³-hybridized carbons (Fsp3) is 0.238. The summed E-state index contributed by atoms with van der Waals surface area (Å²) >= 11 is 6.01. The maximum atomic E-state index is 11.9. The number of halogens is 1. The van der Waals surface area contributed by atoms with E-state index < -0.39 is 11.8 Å². The average molecular weight is 387 g/mol. The Hall–Kier alpha value is -2.79. The maximum Gasteiger partial charge on any atom is 0.276 e. The van der Waals surface area contributed by atoms with Gasteiger partial charge in [0.25, 0.3) is 11.8 Å².